The van der Waals surface area contributed by atoms with Crippen molar-refractivity contribution in [3.63, 3.8) is 0 Å². The van der Waals surface area contributed by atoms with Gasteiger partial charge < -0.3 is 0 Å². The largest absolute Gasteiger partial charge is 0.140 e. The lowest BCUT2D eigenvalue weighted by Gasteiger charge is -2.17. The number of rotatable bonds is 1. The molecule has 0 saturated carbocycles. The molecular formula is C5H10S3. The summed E-state index contributed by atoms with van der Waals surface area (Å²) < 4.78 is 0.837. The maximum absolute atomic E-state index is 2.19. The first-order valence-electron chi connectivity index (χ1n) is 2.69. The Morgan fingerprint density at radius 2 is 2.00 bits per heavy atom. The zero-order valence-electron chi connectivity index (χ0n) is 4.92. The quantitative estimate of drug-likeness (QED) is 0.587. The molecule has 1 aliphatic rings. The highest BCUT2D eigenvalue weighted by molar-refractivity contribution is 8.32. The van der Waals surface area contributed by atoms with Crippen molar-refractivity contribution < 1.29 is 0 Å². The molecule has 0 aromatic carbocycles. The van der Waals surface area contributed by atoms with Crippen LogP contribution in [0.2, 0.25) is 0 Å². The SMILES string of the molecule is CSC1SCCCS1. The Bertz CT molecular complexity index is 58.7. The summed E-state index contributed by atoms with van der Waals surface area (Å²) in [5, 5.41) is 0. The monoisotopic (exact) mass is 166 g/mol. The summed E-state index contributed by atoms with van der Waals surface area (Å²) in [6, 6.07) is 0. The van der Waals surface area contributed by atoms with Gasteiger partial charge >= 0.3 is 0 Å². The summed E-state index contributed by atoms with van der Waals surface area (Å²) in [4.78, 5) is 0. The van der Waals surface area contributed by atoms with Crippen LogP contribution in [0.5, 0.6) is 0 Å². The molecule has 8 heavy (non-hydrogen) atoms. The first-order valence-corrected chi connectivity index (χ1v) is 6.08. The third-order valence-electron chi connectivity index (χ3n) is 0.989. The van der Waals surface area contributed by atoms with Crippen LogP contribution in [0.25, 0.3) is 0 Å². The topological polar surface area (TPSA) is 0 Å². The first-order chi connectivity index (χ1) is 3.93. The minimum absolute atomic E-state index is 0.837. The second-order valence-electron chi connectivity index (χ2n) is 1.62. The fraction of sp³-hybridized carbons (Fsp3) is 1.00. The van der Waals surface area contributed by atoms with E-state index in [4.69, 9.17) is 0 Å². The van der Waals surface area contributed by atoms with Crippen LogP contribution in [-0.4, -0.2) is 21.7 Å². The van der Waals surface area contributed by atoms with Crippen molar-refractivity contribution in [2.75, 3.05) is 17.8 Å². The molecule has 1 aliphatic heterocycles. The molecule has 3 heteroatoms. The van der Waals surface area contributed by atoms with Crippen LogP contribution in [0.4, 0.5) is 0 Å². The average Bonchev–Trinajstić information content (AvgIpc) is 1.90. The van der Waals surface area contributed by atoms with Gasteiger partial charge in [-0.3, -0.25) is 0 Å². The maximum Gasteiger partial charge on any atom is 0.0953 e. The molecule has 0 radical (unpaired) electrons. The second kappa shape index (κ2) is 3.96. The van der Waals surface area contributed by atoms with Crippen LogP contribution in [0, 0.1) is 0 Å². The maximum atomic E-state index is 2.19. The van der Waals surface area contributed by atoms with Gasteiger partial charge in [0.1, 0.15) is 0 Å². The third-order valence-corrected chi connectivity index (χ3v) is 5.75. The van der Waals surface area contributed by atoms with Crippen molar-refractivity contribution in [3.05, 3.63) is 0 Å². The molecule has 1 saturated heterocycles. The van der Waals surface area contributed by atoms with Crippen LogP contribution in [0.15, 0.2) is 0 Å². The standard InChI is InChI=1S/C5H10S3/c1-6-5-7-3-2-4-8-5/h5H,2-4H2,1H3. The number of hydrogen-bond acceptors (Lipinski definition) is 3. The molecule has 0 atom stereocenters. The summed E-state index contributed by atoms with van der Waals surface area (Å²) in [5.41, 5.74) is 0. The highest BCUT2D eigenvalue weighted by Gasteiger charge is 2.11. The van der Waals surface area contributed by atoms with Crippen LogP contribution in [-0.2, 0) is 0 Å². The Balaban J connectivity index is 2.13. The molecule has 0 spiro atoms. The van der Waals surface area contributed by atoms with E-state index in [2.05, 4.69) is 29.8 Å². The van der Waals surface area contributed by atoms with E-state index in [1.165, 1.54) is 17.9 Å². The Labute approximate surface area is 63.6 Å². The zero-order chi connectivity index (χ0) is 5.82. The van der Waals surface area contributed by atoms with Gasteiger partial charge in [-0.05, 0) is 24.2 Å². The lowest BCUT2D eigenvalue weighted by atomic mass is 10.6. The molecule has 0 aromatic heterocycles. The third kappa shape index (κ3) is 2.11. The fourth-order valence-electron chi connectivity index (χ4n) is 0.602. The molecule has 0 bridgehead atoms. The lowest BCUT2D eigenvalue weighted by Crippen LogP contribution is -2.01. The molecule has 0 unspecified atom stereocenters. The summed E-state index contributed by atoms with van der Waals surface area (Å²) in [5.74, 6) is 2.75. The van der Waals surface area contributed by atoms with E-state index in [9.17, 15) is 0 Å². The molecule has 0 amide bonds. The minimum atomic E-state index is 0.837. The van der Waals surface area contributed by atoms with Gasteiger partial charge in [0.05, 0.1) is 3.91 Å². The Hall–Kier alpha value is 1.05. The molecule has 0 nitrogen and oxygen atoms in total. The summed E-state index contributed by atoms with van der Waals surface area (Å²) in [6.45, 7) is 0. The minimum Gasteiger partial charge on any atom is -0.140 e. The van der Waals surface area contributed by atoms with Crippen LogP contribution in [0.3, 0.4) is 0 Å². The molecule has 1 fully saturated rings. The lowest BCUT2D eigenvalue weighted by molar-refractivity contribution is 1.12. The molecule has 0 aromatic rings. The Morgan fingerprint density at radius 3 is 2.38 bits per heavy atom. The number of hydrogen-bond donors (Lipinski definition) is 0. The van der Waals surface area contributed by atoms with Gasteiger partial charge in [0.25, 0.3) is 0 Å². The average molecular weight is 166 g/mol. The molecule has 0 aliphatic carbocycles. The zero-order valence-corrected chi connectivity index (χ0v) is 7.37. The van der Waals surface area contributed by atoms with E-state index in [0.29, 0.717) is 0 Å². The van der Waals surface area contributed by atoms with Crippen molar-refractivity contribution >= 4 is 35.3 Å². The fourth-order valence-corrected chi connectivity index (χ4v) is 4.42. The van der Waals surface area contributed by atoms with E-state index in [-0.39, 0.29) is 0 Å². The normalized spacial score (nSPS) is 23.6. The van der Waals surface area contributed by atoms with Gasteiger partial charge in [0, 0.05) is 0 Å². The number of thioether (sulfide) groups is 3. The van der Waals surface area contributed by atoms with E-state index >= 15 is 0 Å². The summed E-state index contributed by atoms with van der Waals surface area (Å²) in [7, 11) is 0. The van der Waals surface area contributed by atoms with E-state index < -0.39 is 0 Å². The molecular weight excluding hydrogens is 156 g/mol. The van der Waals surface area contributed by atoms with Crippen molar-refractivity contribution in [1.82, 2.24) is 0 Å². The van der Waals surface area contributed by atoms with Crippen molar-refractivity contribution in [2.24, 2.45) is 0 Å². The predicted molar refractivity (Wildman–Crippen MR) is 46.8 cm³/mol. The van der Waals surface area contributed by atoms with Crippen molar-refractivity contribution in [3.8, 4) is 0 Å². The van der Waals surface area contributed by atoms with E-state index in [1.54, 1.807) is 0 Å². The second-order valence-corrected chi connectivity index (χ2v) is 5.88. The van der Waals surface area contributed by atoms with Crippen LogP contribution < -0.4 is 0 Å². The van der Waals surface area contributed by atoms with Gasteiger partial charge in [-0.25, -0.2) is 0 Å². The van der Waals surface area contributed by atoms with Crippen LogP contribution >= 0.6 is 35.3 Å². The molecule has 1 rings (SSSR count). The van der Waals surface area contributed by atoms with E-state index in [0.717, 1.165) is 3.91 Å². The highest BCUT2D eigenvalue weighted by Crippen LogP contribution is 2.36. The van der Waals surface area contributed by atoms with Gasteiger partial charge in [-0.1, -0.05) is 0 Å². The van der Waals surface area contributed by atoms with Crippen LogP contribution in [0.1, 0.15) is 6.42 Å². The van der Waals surface area contributed by atoms with Gasteiger partial charge in [0.15, 0.2) is 0 Å². The summed E-state index contributed by atoms with van der Waals surface area (Å²) in [6.07, 6.45) is 3.60. The highest BCUT2D eigenvalue weighted by atomic mass is 32.3. The van der Waals surface area contributed by atoms with E-state index in [1.807, 2.05) is 11.8 Å². The Morgan fingerprint density at radius 1 is 1.38 bits per heavy atom. The van der Waals surface area contributed by atoms with Gasteiger partial charge in [-0.2, -0.15) is 0 Å². The van der Waals surface area contributed by atoms with Gasteiger partial charge in [0.2, 0.25) is 0 Å². The molecule has 1 heterocycles. The predicted octanol–water partition coefficient (Wildman–Crippen LogP) is 2.50. The first kappa shape index (κ1) is 7.16. The molecule has 48 valence electrons. The van der Waals surface area contributed by atoms with Crippen molar-refractivity contribution in [1.29, 1.82) is 0 Å². The summed E-state index contributed by atoms with van der Waals surface area (Å²) >= 11 is 6.15. The van der Waals surface area contributed by atoms with Crippen molar-refractivity contribution in [2.45, 2.75) is 10.3 Å². The molecule has 0 N–H and O–H groups in total. The smallest absolute Gasteiger partial charge is 0.0953 e. The van der Waals surface area contributed by atoms with Gasteiger partial charge in [-0.15, -0.1) is 35.3 Å². The Kier molecular flexibility index (Phi) is 3.55.